The summed E-state index contributed by atoms with van der Waals surface area (Å²) in [5, 5.41) is 14.5. The minimum absolute atomic E-state index is 0.0290. The number of unbranched alkanes of at least 4 members (excludes halogenated alkanes) is 1. The molecule has 8 nitrogen and oxygen atoms in total. The number of benzene rings is 1. The van der Waals surface area contributed by atoms with Gasteiger partial charge < -0.3 is 21.5 Å². The van der Waals surface area contributed by atoms with Crippen molar-refractivity contribution >= 4 is 43.8 Å². The van der Waals surface area contributed by atoms with E-state index in [0.29, 0.717) is 31.0 Å². The maximum atomic E-state index is 14.4. The highest BCUT2D eigenvalue weighted by Crippen LogP contribution is 2.29. The van der Waals surface area contributed by atoms with Crippen molar-refractivity contribution in [3.05, 3.63) is 34.3 Å². The molecule has 1 unspecified atom stereocenters. The number of aliphatic hydroxyl groups excluding tert-OH is 1. The van der Waals surface area contributed by atoms with Crippen LogP contribution in [0.15, 0.2) is 23.2 Å². The van der Waals surface area contributed by atoms with E-state index in [2.05, 4.69) is 15.6 Å². The second kappa shape index (κ2) is 11.0. The van der Waals surface area contributed by atoms with Crippen LogP contribution in [0.5, 0.6) is 0 Å². The Morgan fingerprint density at radius 1 is 1.28 bits per heavy atom. The normalized spacial score (nSPS) is 12.7. The van der Waals surface area contributed by atoms with Crippen LogP contribution in [0.25, 0.3) is 0 Å². The molecule has 0 amide bonds. The summed E-state index contributed by atoms with van der Waals surface area (Å²) in [7, 11) is -4.31. The van der Waals surface area contributed by atoms with Crippen molar-refractivity contribution in [1.82, 2.24) is 10.3 Å². The molecular formula is C16H22ClF2N5O3S2. The molecular weight excluding hydrogens is 448 g/mol. The zero-order chi connectivity index (χ0) is 21.4. The lowest BCUT2D eigenvalue weighted by atomic mass is 10.2. The van der Waals surface area contributed by atoms with Crippen LogP contribution in [0.3, 0.4) is 0 Å². The molecule has 0 aliphatic heterocycles. The second-order valence-electron chi connectivity index (χ2n) is 6.07. The fourth-order valence-corrected chi connectivity index (χ4v) is 4.46. The first kappa shape index (κ1) is 23.7. The lowest BCUT2D eigenvalue weighted by molar-refractivity contribution is 0.179. The molecule has 6 N–H and O–H groups in total. The second-order valence-corrected chi connectivity index (χ2v) is 9.10. The molecule has 0 saturated heterocycles. The third-order valence-corrected chi connectivity index (χ3v) is 6.26. The first-order valence-electron chi connectivity index (χ1n) is 8.69. The van der Waals surface area contributed by atoms with Crippen LogP contribution < -0.4 is 21.1 Å². The van der Waals surface area contributed by atoms with Gasteiger partial charge in [0.1, 0.15) is 10.7 Å². The Morgan fingerprint density at radius 3 is 2.66 bits per heavy atom. The SMILES string of the molecule is NCC(O)CNCCCCNc1cc(F)c(S(=O)(=O)Nc2ncc(F)s2)cc1Cl. The van der Waals surface area contributed by atoms with Crippen LogP contribution in [0.2, 0.25) is 5.02 Å². The zero-order valence-electron chi connectivity index (χ0n) is 15.3. The summed E-state index contributed by atoms with van der Waals surface area (Å²) in [6.07, 6.45) is 1.81. The van der Waals surface area contributed by atoms with Crippen molar-refractivity contribution in [3.63, 3.8) is 0 Å². The Hall–Kier alpha value is -1.57. The van der Waals surface area contributed by atoms with Gasteiger partial charge in [0, 0.05) is 19.6 Å². The molecule has 1 aromatic heterocycles. The number of nitrogens with one attached hydrogen (secondary N) is 3. The van der Waals surface area contributed by atoms with E-state index in [9.17, 15) is 22.3 Å². The van der Waals surface area contributed by atoms with Gasteiger partial charge in [-0.3, -0.25) is 4.72 Å². The minimum Gasteiger partial charge on any atom is -0.390 e. The van der Waals surface area contributed by atoms with Crippen molar-refractivity contribution < 1.29 is 22.3 Å². The van der Waals surface area contributed by atoms with E-state index < -0.39 is 32.0 Å². The monoisotopic (exact) mass is 469 g/mol. The summed E-state index contributed by atoms with van der Waals surface area (Å²) in [4.78, 5) is 2.88. The van der Waals surface area contributed by atoms with Gasteiger partial charge in [-0.1, -0.05) is 22.9 Å². The van der Waals surface area contributed by atoms with Crippen LogP contribution in [-0.4, -0.2) is 50.8 Å². The summed E-state index contributed by atoms with van der Waals surface area (Å²) < 4.78 is 54.0. The van der Waals surface area contributed by atoms with Gasteiger partial charge in [-0.2, -0.15) is 4.39 Å². The van der Waals surface area contributed by atoms with Crippen molar-refractivity contribution in [2.75, 3.05) is 36.2 Å². The Bertz CT molecular complexity index is 914. The van der Waals surface area contributed by atoms with Crippen LogP contribution in [0.4, 0.5) is 19.6 Å². The summed E-state index contributed by atoms with van der Waals surface area (Å²) in [5.41, 5.74) is 5.56. The van der Waals surface area contributed by atoms with E-state index in [0.717, 1.165) is 31.2 Å². The molecule has 0 bridgehead atoms. The molecule has 0 fully saturated rings. The first-order valence-corrected chi connectivity index (χ1v) is 11.4. The quantitative estimate of drug-likeness (QED) is 0.300. The molecule has 29 heavy (non-hydrogen) atoms. The molecule has 0 radical (unpaired) electrons. The van der Waals surface area contributed by atoms with Crippen molar-refractivity contribution in [2.24, 2.45) is 5.73 Å². The van der Waals surface area contributed by atoms with Gasteiger partial charge in [-0.25, -0.2) is 17.8 Å². The Morgan fingerprint density at radius 2 is 2.00 bits per heavy atom. The largest absolute Gasteiger partial charge is 0.390 e. The number of sulfonamides is 1. The Labute approximate surface area is 176 Å². The number of aliphatic hydroxyl groups is 1. The van der Waals surface area contributed by atoms with E-state index >= 15 is 0 Å². The maximum absolute atomic E-state index is 14.4. The van der Waals surface area contributed by atoms with Gasteiger partial charge in [0.05, 0.1) is 23.0 Å². The summed E-state index contributed by atoms with van der Waals surface area (Å²) in [6, 6.07) is 1.98. The highest BCUT2D eigenvalue weighted by Gasteiger charge is 2.23. The van der Waals surface area contributed by atoms with Gasteiger partial charge in [-0.15, -0.1) is 0 Å². The third kappa shape index (κ3) is 7.32. The lowest BCUT2D eigenvalue weighted by Crippen LogP contribution is -2.33. The number of hydrogen-bond donors (Lipinski definition) is 5. The summed E-state index contributed by atoms with van der Waals surface area (Å²) in [6.45, 7) is 1.78. The van der Waals surface area contributed by atoms with Crippen molar-refractivity contribution in [3.8, 4) is 0 Å². The smallest absolute Gasteiger partial charge is 0.266 e. The molecule has 162 valence electrons. The molecule has 1 heterocycles. The molecule has 1 atom stereocenters. The standard InChI is InChI=1S/C16H22ClF2N5O3S2/c17-11-5-14(29(26,27)24-16-23-9-15(19)28-16)12(18)6-13(11)22-4-2-1-3-21-8-10(25)7-20/h5-6,9-10,21-22,25H,1-4,7-8,20H2,(H,23,24). The van der Waals surface area contributed by atoms with E-state index in [1.807, 2.05) is 4.72 Å². The Kier molecular flexibility index (Phi) is 8.99. The fraction of sp³-hybridized carbons (Fsp3) is 0.438. The lowest BCUT2D eigenvalue weighted by Gasteiger charge is -2.12. The topological polar surface area (TPSA) is 129 Å². The number of halogens is 3. The number of aromatic nitrogens is 1. The number of rotatable bonds is 12. The zero-order valence-corrected chi connectivity index (χ0v) is 17.7. The Balaban J connectivity index is 1.90. The molecule has 2 rings (SSSR count). The first-order chi connectivity index (χ1) is 13.7. The highest BCUT2D eigenvalue weighted by molar-refractivity contribution is 7.93. The number of nitrogens with two attached hydrogens (primary N) is 1. The van der Waals surface area contributed by atoms with Crippen molar-refractivity contribution in [1.29, 1.82) is 0 Å². The van der Waals surface area contributed by atoms with Crippen LogP contribution >= 0.6 is 22.9 Å². The van der Waals surface area contributed by atoms with Crippen molar-refractivity contribution in [2.45, 2.75) is 23.8 Å². The average Bonchev–Trinajstić information content (AvgIpc) is 3.06. The van der Waals surface area contributed by atoms with Crippen LogP contribution in [-0.2, 0) is 10.0 Å². The van der Waals surface area contributed by atoms with Gasteiger partial charge in [0.25, 0.3) is 10.0 Å². The number of nitrogens with zero attached hydrogens (tertiary/aromatic N) is 1. The number of anilines is 2. The average molecular weight is 470 g/mol. The molecule has 0 aliphatic carbocycles. The minimum atomic E-state index is -4.31. The molecule has 0 spiro atoms. The van der Waals surface area contributed by atoms with Gasteiger partial charge in [0.2, 0.25) is 0 Å². The summed E-state index contributed by atoms with van der Waals surface area (Å²) in [5.74, 6) is -1.00. The van der Waals surface area contributed by atoms with E-state index in [1.165, 1.54) is 0 Å². The predicted molar refractivity (Wildman–Crippen MR) is 110 cm³/mol. The maximum Gasteiger partial charge on any atom is 0.266 e. The highest BCUT2D eigenvalue weighted by atomic mass is 35.5. The molecule has 1 aromatic carbocycles. The summed E-state index contributed by atoms with van der Waals surface area (Å²) >= 11 is 6.56. The third-order valence-electron chi connectivity index (χ3n) is 3.76. The molecule has 2 aromatic rings. The fourth-order valence-electron chi connectivity index (χ4n) is 2.29. The van der Waals surface area contributed by atoms with Gasteiger partial charge >= 0.3 is 0 Å². The molecule has 0 aliphatic rings. The number of hydrogen-bond acceptors (Lipinski definition) is 8. The molecule has 0 saturated carbocycles. The predicted octanol–water partition coefficient (Wildman–Crippen LogP) is 1.98. The van der Waals surface area contributed by atoms with E-state index in [1.54, 1.807) is 0 Å². The molecule has 13 heteroatoms. The van der Waals surface area contributed by atoms with Gasteiger partial charge in [-0.05, 0) is 31.5 Å². The van der Waals surface area contributed by atoms with Gasteiger partial charge in [0.15, 0.2) is 10.3 Å². The van der Waals surface area contributed by atoms with E-state index in [-0.39, 0.29) is 22.4 Å². The van der Waals surface area contributed by atoms with Crippen LogP contribution in [0, 0.1) is 10.9 Å². The van der Waals surface area contributed by atoms with Crippen LogP contribution in [0.1, 0.15) is 12.8 Å². The number of thiazole rings is 1. The van der Waals surface area contributed by atoms with E-state index in [4.69, 9.17) is 17.3 Å².